The van der Waals surface area contributed by atoms with Crippen LogP contribution in [0.5, 0.6) is 5.75 Å². The molecule has 2 amide bonds. The maximum absolute atomic E-state index is 13.4. The van der Waals surface area contributed by atoms with Crippen molar-refractivity contribution in [2.24, 2.45) is 5.92 Å². The van der Waals surface area contributed by atoms with Crippen LogP contribution in [0.15, 0.2) is 17.0 Å². The van der Waals surface area contributed by atoms with Crippen molar-refractivity contribution in [3.8, 4) is 5.75 Å². The van der Waals surface area contributed by atoms with Crippen LogP contribution in [-0.4, -0.2) is 75.8 Å². The summed E-state index contributed by atoms with van der Waals surface area (Å²) < 4.78 is 34.0. The van der Waals surface area contributed by atoms with Crippen LogP contribution in [0.3, 0.4) is 0 Å². The monoisotopic (exact) mass is 452 g/mol. The third kappa shape index (κ3) is 5.19. The van der Waals surface area contributed by atoms with Crippen molar-refractivity contribution in [1.29, 1.82) is 0 Å². The summed E-state index contributed by atoms with van der Waals surface area (Å²) in [5, 5.41) is 5.68. The van der Waals surface area contributed by atoms with Crippen LogP contribution in [-0.2, 0) is 19.6 Å². The minimum Gasteiger partial charge on any atom is -0.478 e. The van der Waals surface area contributed by atoms with Gasteiger partial charge in [0.25, 0.3) is 5.91 Å². The Morgan fingerprint density at radius 1 is 1.35 bits per heavy atom. The Hall–Kier alpha value is -2.17. The lowest BCUT2D eigenvalue weighted by Gasteiger charge is -2.32. The quantitative estimate of drug-likeness (QED) is 0.643. The number of carbonyl (C=O) groups is 2. The number of anilines is 1. The van der Waals surface area contributed by atoms with Gasteiger partial charge < -0.3 is 20.3 Å². The van der Waals surface area contributed by atoms with Crippen LogP contribution in [0.25, 0.3) is 0 Å². The number of rotatable bonds is 7. The first kappa shape index (κ1) is 23.5. The first-order chi connectivity index (χ1) is 14.6. The molecule has 9 nitrogen and oxygen atoms in total. The average molecular weight is 453 g/mol. The molecule has 1 aromatic rings. The van der Waals surface area contributed by atoms with Crippen LogP contribution in [0.2, 0.25) is 0 Å². The van der Waals surface area contributed by atoms with Crippen LogP contribution >= 0.6 is 0 Å². The summed E-state index contributed by atoms with van der Waals surface area (Å²) in [4.78, 5) is 26.7. The Balaban J connectivity index is 1.78. The zero-order chi connectivity index (χ0) is 22.8. The summed E-state index contributed by atoms with van der Waals surface area (Å²) in [5.41, 5.74) is 0.998. The minimum absolute atomic E-state index is 0.110. The molecular formula is C21H32N4O5S. The van der Waals surface area contributed by atoms with Crippen LogP contribution in [0.1, 0.15) is 31.7 Å². The highest BCUT2D eigenvalue weighted by molar-refractivity contribution is 7.89. The van der Waals surface area contributed by atoms with Gasteiger partial charge in [-0.05, 0) is 51.9 Å². The predicted octanol–water partition coefficient (Wildman–Crippen LogP) is 1.18. The van der Waals surface area contributed by atoms with E-state index in [9.17, 15) is 18.0 Å². The molecule has 10 heteroatoms. The zero-order valence-corrected chi connectivity index (χ0v) is 19.4. The Morgan fingerprint density at radius 3 is 2.77 bits per heavy atom. The van der Waals surface area contributed by atoms with Gasteiger partial charge in [-0.15, -0.1) is 0 Å². The summed E-state index contributed by atoms with van der Waals surface area (Å²) in [6, 6.07) is 3.12. The fourth-order valence-corrected chi connectivity index (χ4v) is 5.64. The molecule has 31 heavy (non-hydrogen) atoms. The van der Waals surface area contributed by atoms with Gasteiger partial charge in [0.15, 0.2) is 6.10 Å². The number of hydrogen-bond donors (Lipinski definition) is 2. The topological polar surface area (TPSA) is 108 Å². The van der Waals surface area contributed by atoms with E-state index in [-0.39, 0.29) is 29.2 Å². The SMILES string of the molecule is CCC1Oc2cc(S(=O)(=O)N3CCCC(C(=O)NCCN(C)C)C3)c(C)cc2NC1=O. The summed E-state index contributed by atoms with van der Waals surface area (Å²) >= 11 is 0. The first-order valence-electron chi connectivity index (χ1n) is 10.7. The molecule has 0 radical (unpaired) electrons. The largest absolute Gasteiger partial charge is 0.478 e. The average Bonchev–Trinajstić information content (AvgIpc) is 2.72. The Kier molecular flexibility index (Phi) is 7.23. The molecule has 2 aliphatic heterocycles. The number of nitrogens with zero attached hydrogens (tertiary/aromatic N) is 2. The normalized spacial score (nSPS) is 21.9. The smallest absolute Gasteiger partial charge is 0.265 e. The number of ether oxygens (including phenoxy) is 1. The van der Waals surface area contributed by atoms with E-state index >= 15 is 0 Å². The summed E-state index contributed by atoms with van der Waals surface area (Å²) in [6.45, 7) is 5.31. The summed E-state index contributed by atoms with van der Waals surface area (Å²) in [5.74, 6) is -0.362. The van der Waals surface area contributed by atoms with Gasteiger partial charge in [0.1, 0.15) is 5.75 Å². The second kappa shape index (κ2) is 9.54. The van der Waals surface area contributed by atoms with Crippen LogP contribution in [0.4, 0.5) is 5.69 Å². The number of fused-ring (bicyclic) bond motifs is 1. The fraction of sp³-hybridized carbons (Fsp3) is 0.619. The Labute approximate surface area is 184 Å². The number of sulfonamides is 1. The van der Waals surface area contributed by atoms with Gasteiger partial charge in [-0.3, -0.25) is 9.59 Å². The minimum atomic E-state index is -3.81. The van der Waals surface area contributed by atoms with Crippen molar-refractivity contribution >= 4 is 27.5 Å². The molecule has 2 heterocycles. The zero-order valence-electron chi connectivity index (χ0n) is 18.6. The molecule has 172 valence electrons. The van der Waals surface area contributed by atoms with Crippen molar-refractivity contribution in [1.82, 2.24) is 14.5 Å². The molecule has 2 atom stereocenters. The van der Waals surface area contributed by atoms with E-state index in [1.54, 1.807) is 13.0 Å². The molecule has 0 saturated carbocycles. The van der Waals surface area contributed by atoms with E-state index in [1.807, 2.05) is 25.9 Å². The predicted molar refractivity (Wildman–Crippen MR) is 118 cm³/mol. The number of piperidine rings is 1. The van der Waals surface area contributed by atoms with Gasteiger partial charge in [0.05, 0.1) is 16.5 Å². The van der Waals surface area contributed by atoms with E-state index in [0.29, 0.717) is 49.4 Å². The van der Waals surface area contributed by atoms with Crippen molar-refractivity contribution in [3.63, 3.8) is 0 Å². The maximum atomic E-state index is 13.4. The van der Waals surface area contributed by atoms with Gasteiger partial charge in [-0.1, -0.05) is 6.92 Å². The van der Waals surface area contributed by atoms with E-state index in [0.717, 1.165) is 6.54 Å². The molecule has 1 fully saturated rings. The highest BCUT2D eigenvalue weighted by Crippen LogP contribution is 2.36. The lowest BCUT2D eigenvalue weighted by atomic mass is 9.99. The lowest BCUT2D eigenvalue weighted by Crippen LogP contribution is -2.46. The van der Waals surface area contributed by atoms with E-state index < -0.39 is 16.1 Å². The fourth-order valence-electron chi connectivity index (χ4n) is 3.89. The number of likely N-dealkylation sites (N-methyl/N-ethyl adjacent to an activating group) is 1. The van der Waals surface area contributed by atoms with Crippen LogP contribution in [0, 0.1) is 12.8 Å². The molecule has 2 aliphatic rings. The molecule has 2 unspecified atom stereocenters. The van der Waals surface area contributed by atoms with Gasteiger partial charge in [-0.25, -0.2) is 8.42 Å². The van der Waals surface area contributed by atoms with E-state index in [2.05, 4.69) is 10.6 Å². The van der Waals surface area contributed by atoms with Crippen molar-refractivity contribution in [3.05, 3.63) is 17.7 Å². The van der Waals surface area contributed by atoms with E-state index in [4.69, 9.17) is 4.74 Å². The van der Waals surface area contributed by atoms with E-state index in [1.165, 1.54) is 10.4 Å². The molecule has 0 spiro atoms. The lowest BCUT2D eigenvalue weighted by molar-refractivity contribution is -0.126. The first-order valence-corrected chi connectivity index (χ1v) is 12.1. The number of carbonyl (C=O) groups excluding carboxylic acids is 2. The number of benzene rings is 1. The number of amides is 2. The molecular weight excluding hydrogens is 420 g/mol. The molecule has 0 aliphatic carbocycles. The summed E-state index contributed by atoms with van der Waals surface area (Å²) in [7, 11) is 0.0489. The van der Waals surface area contributed by atoms with Crippen molar-refractivity contribution in [2.45, 2.75) is 44.1 Å². The summed E-state index contributed by atoms with van der Waals surface area (Å²) in [6.07, 6.45) is 1.13. The third-order valence-corrected chi connectivity index (χ3v) is 7.71. The van der Waals surface area contributed by atoms with Crippen LogP contribution < -0.4 is 15.4 Å². The Bertz CT molecular complexity index is 947. The number of nitrogens with one attached hydrogen (secondary N) is 2. The number of aryl methyl sites for hydroxylation is 1. The second-order valence-corrected chi connectivity index (χ2v) is 10.3. The third-order valence-electron chi connectivity index (χ3n) is 5.70. The van der Waals surface area contributed by atoms with Gasteiger partial charge in [0.2, 0.25) is 15.9 Å². The van der Waals surface area contributed by atoms with Gasteiger partial charge in [0, 0.05) is 32.2 Å². The Morgan fingerprint density at radius 2 is 2.10 bits per heavy atom. The molecule has 0 bridgehead atoms. The molecule has 1 aromatic carbocycles. The van der Waals surface area contributed by atoms with Gasteiger partial charge >= 0.3 is 0 Å². The maximum Gasteiger partial charge on any atom is 0.265 e. The molecule has 1 saturated heterocycles. The van der Waals surface area contributed by atoms with Crippen molar-refractivity contribution < 1.29 is 22.7 Å². The second-order valence-electron chi connectivity index (χ2n) is 8.41. The highest BCUT2D eigenvalue weighted by Gasteiger charge is 2.35. The molecule has 2 N–H and O–H groups in total. The molecule has 0 aromatic heterocycles. The number of hydrogen-bond acceptors (Lipinski definition) is 6. The molecule has 3 rings (SSSR count). The van der Waals surface area contributed by atoms with Crippen molar-refractivity contribution in [2.75, 3.05) is 45.6 Å². The van der Waals surface area contributed by atoms with Gasteiger partial charge in [-0.2, -0.15) is 4.31 Å². The standard InChI is InChI=1S/C21H32N4O5S/c1-5-17-21(27)23-16-11-14(2)19(12-18(16)30-17)31(28,29)25-9-6-7-15(13-25)20(26)22-8-10-24(3)4/h11-12,15,17H,5-10,13H2,1-4H3,(H,22,26)(H,23,27). The highest BCUT2D eigenvalue weighted by atomic mass is 32.2.